The monoisotopic (exact) mass is 313 g/mol. The van der Waals surface area contributed by atoms with E-state index in [0.29, 0.717) is 24.2 Å². The molecule has 6 nitrogen and oxygen atoms in total. The number of esters is 1. The van der Waals surface area contributed by atoms with E-state index in [9.17, 15) is 13.2 Å². The predicted octanol–water partition coefficient (Wildman–Crippen LogP) is 1.58. The fourth-order valence-electron chi connectivity index (χ4n) is 2.42. The van der Waals surface area contributed by atoms with E-state index in [0.717, 1.165) is 6.26 Å². The average molecular weight is 313 g/mol. The maximum atomic E-state index is 11.9. The van der Waals surface area contributed by atoms with Crippen LogP contribution in [0.1, 0.15) is 35.3 Å². The molecular formula is C14H19NO5S. The summed E-state index contributed by atoms with van der Waals surface area (Å²) in [4.78, 5) is 17.4. The normalized spacial score (nSPS) is 19.7. The molecule has 1 heterocycles. The minimum absolute atomic E-state index is 0.191. The highest BCUT2D eigenvalue weighted by atomic mass is 32.2. The molecule has 1 atom stereocenters. The number of sulfone groups is 1. The van der Waals surface area contributed by atoms with Crippen molar-refractivity contribution in [2.24, 2.45) is 0 Å². The molecule has 2 rings (SSSR count). The third-order valence-corrected chi connectivity index (χ3v) is 4.58. The number of hydroxylamine groups is 2. The lowest BCUT2D eigenvalue weighted by Gasteiger charge is -2.20. The average Bonchev–Trinajstić information content (AvgIpc) is 2.83. The third-order valence-electron chi connectivity index (χ3n) is 3.40. The molecular weight excluding hydrogens is 294 g/mol. The van der Waals surface area contributed by atoms with Gasteiger partial charge in [-0.15, -0.1) is 0 Å². The molecule has 0 aliphatic carbocycles. The molecule has 7 heteroatoms. The molecule has 21 heavy (non-hydrogen) atoms. The van der Waals surface area contributed by atoms with Gasteiger partial charge >= 0.3 is 5.97 Å². The Hall–Kier alpha value is -1.44. The summed E-state index contributed by atoms with van der Waals surface area (Å²) in [5, 5.41) is 1.62. The lowest BCUT2D eigenvalue weighted by atomic mass is 10.0. The molecule has 0 amide bonds. The first kappa shape index (κ1) is 15.9. The van der Waals surface area contributed by atoms with Crippen LogP contribution in [0.5, 0.6) is 0 Å². The quantitative estimate of drug-likeness (QED) is 0.786. The van der Waals surface area contributed by atoms with Crippen molar-refractivity contribution in [3.63, 3.8) is 0 Å². The van der Waals surface area contributed by atoms with Gasteiger partial charge < -0.3 is 4.74 Å². The number of carbonyl (C=O) groups excluding carboxylic acids is 1. The topological polar surface area (TPSA) is 72.9 Å². The van der Waals surface area contributed by atoms with Crippen molar-refractivity contribution in [3.05, 3.63) is 29.3 Å². The summed E-state index contributed by atoms with van der Waals surface area (Å²) < 4.78 is 28.9. The Labute approximate surface area is 124 Å². The van der Waals surface area contributed by atoms with Gasteiger partial charge in [0.1, 0.15) is 0 Å². The zero-order chi connectivity index (χ0) is 15.6. The molecule has 0 bridgehead atoms. The fourth-order valence-corrected chi connectivity index (χ4v) is 3.36. The highest BCUT2D eigenvalue weighted by Gasteiger charge is 2.29. The van der Waals surface area contributed by atoms with Crippen molar-refractivity contribution < 1.29 is 22.8 Å². The van der Waals surface area contributed by atoms with Crippen LogP contribution in [0, 0.1) is 0 Å². The molecule has 1 saturated heterocycles. The zero-order valence-electron chi connectivity index (χ0n) is 12.3. The summed E-state index contributed by atoms with van der Waals surface area (Å²) >= 11 is 0. The Balaban J connectivity index is 2.51. The van der Waals surface area contributed by atoms with E-state index in [1.807, 2.05) is 0 Å². The summed E-state index contributed by atoms with van der Waals surface area (Å²) in [6.07, 6.45) is 1.83. The van der Waals surface area contributed by atoms with Crippen LogP contribution in [0.4, 0.5) is 0 Å². The third kappa shape index (κ3) is 3.42. The molecule has 1 aliphatic rings. The number of hydrogen-bond acceptors (Lipinski definition) is 6. The van der Waals surface area contributed by atoms with Crippen molar-refractivity contribution in [1.29, 1.82) is 0 Å². The molecule has 0 aromatic heterocycles. The molecule has 0 spiro atoms. The Morgan fingerprint density at radius 3 is 2.71 bits per heavy atom. The van der Waals surface area contributed by atoms with E-state index in [-0.39, 0.29) is 17.5 Å². The molecule has 0 N–H and O–H groups in total. The zero-order valence-corrected chi connectivity index (χ0v) is 13.1. The van der Waals surface area contributed by atoms with Crippen molar-refractivity contribution >= 4 is 15.8 Å². The second kappa shape index (κ2) is 6.13. The van der Waals surface area contributed by atoms with Crippen molar-refractivity contribution in [2.75, 3.05) is 26.5 Å². The smallest absolute Gasteiger partial charge is 0.338 e. The molecule has 0 radical (unpaired) electrons. The second-order valence-electron chi connectivity index (χ2n) is 4.93. The summed E-state index contributed by atoms with van der Waals surface area (Å²) in [5.41, 5.74) is 0.919. The molecule has 1 aliphatic heterocycles. The SMILES string of the molecule is CCOC(=O)c1ccc(S(C)(=O)=O)c(C2CCON2C)c1. The fraction of sp³-hybridized carbons (Fsp3) is 0.500. The minimum atomic E-state index is -3.38. The first-order valence-electron chi connectivity index (χ1n) is 6.71. The second-order valence-corrected chi connectivity index (χ2v) is 6.91. The standard InChI is InChI=1S/C14H19NO5S/c1-4-19-14(16)10-5-6-13(21(3,17)18)11(9-10)12-7-8-20-15(12)2/h5-6,9,12H,4,7-8H2,1-3H3. The Kier molecular flexibility index (Phi) is 4.65. The highest BCUT2D eigenvalue weighted by Crippen LogP contribution is 2.33. The number of rotatable bonds is 4. The van der Waals surface area contributed by atoms with E-state index < -0.39 is 15.8 Å². The van der Waals surface area contributed by atoms with Crippen molar-refractivity contribution in [2.45, 2.75) is 24.3 Å². The van der Waals surface area contributed by atoms with E-state index in [4.69, 9.17) is 9.57 Å². The number of carbonyl (C=O) groups is 1. The van der Waals surface area contributed by atoms with Crippen LogP contribution in [0.3, 0.4) is 0 Å². The van der Waals surface area contributed by atoms with Crippen LogP contribution in [-0.4, -0.2) is 46.0 Å². The van der Waals surface area contributed by atoms with E-state index in [1.165, 1.54) is 12.1 Å². The van der Waals surface area contributed by atoms with Crippen LogP contribution in [-0.2, 0) is 19.4 Å². The van der Waals surface area contributed by atoms with Crippen LogP contribution < -0.4 is 0 Å². The van der Waals surface area contributed by atoms with E-state index >= 15 is 0 Å². The van der Waals surface area contributed by atoms with Crippen LogP contribution in [0.2, 0.25) is 0 Å². The Morgan fingerprint density at radius 1 is 1.48 bits per heavy atom. The van der Waals surface area contributed by atoms with Crippen LogP contribution >= 0.6 is 0 Å². The van der Waals surface area contributed by atoms with Crippen molar-refractivity contribution in [1.82, 2.24) is 5.06 Å². The number of nitrogens with zero attached hydrogens (tertiary/aromatic N) is 1. The predicted molar refractivity (Wildman–Crippen MR) is 76.6 cm³/mol. The lowest BCUT2D eigenvalue weighted by molar-refractivity contribution is -0.111. The first-order valence-corrected chi connectivity index (χ1v) is 8.60. The molecule has 116 valence electrons. The number of hydrogen-bond donors (Lipinski definition) is 0. The molecule has 0 saturated carbocycles. The van der Waals surface area contributed by atoms with Gasteiger partial charge in [-0.1, -0.05) is 0 Å². The maximum absolute atomic E-state index is 11.9. The maximum Gasteiger partial charge on any atom is 0.338 e. The van der Waals surface area contributed by atoms with Crippen molar-refractivity contribution in [3.8, 4) is 0 Å². The van der Waals surface area contributed by atoms with Crippen LogP contribution in [0.25, 0.3) is 0 Å². The minimum Gasteiger partial charge on any atom is -0.462 e. The number of benzene rings is 1. The highest BCUT2D eigenvalue weighted by molar-refractivity contribution is 7.90. The summed E-state index contributed by atoms with van der Waals surface area (Å²) in [6.45, 7) is 2.52. The lowest BCUT2D eigenvalue weighted by Crippen LogP contribution is -2.19. The van der Waals surface area contributed by atoms with E-state index in [1.54, 1.807) is 25.1 Å². The number of ether oxygens (including phenoxy) is 1. The van der Waals surface area contributed by atoms with Gasteiger partial charge in [-0.3, -0.25) is 4.84 Å². The summed E-state index contributed by atoms with van der Waals surface area (Å²) in [6, 6.07) is 4.34. The largest absolute Gasteiger partial charge is 0.462 e. The Morgan fingerprint density at radius 2 is 2.19 bits per heavy atom. The molecule has 1 unspecified atom stereocenters. The first-order chi connectivity index (χ1) is 9.84. The molecule has 1 fully saturated rings. The van der Waals surface area contributed by atoms with Crippen LogP contribution in [0.15, 0.2) is 23.1 Å². The Bertz CT molecular complexity index is 641. The van der Waals surface area contributed by atoms with Gasteiger partial charge in [-0.2, -0.15) is 5.06 Å². The molecule has 1 aromatic rings. The summed E-state index contributed by atoms with van der Waals surface area (Å²) in [7, 11) is -1.63. The van der Waals surface area contributed by atoms with Gasteiger partial charge in [0, 0.05) is 13.3 Å². The van der Waals surface area contributed by atoms with Gasteiger partial charge in [0.15, 0.2) is 9.84 Å². The van der Waals surface area contributed by atoms with Gasteiger partial charge in [0.05, 0.1) is 29.7 Å². The van der Waals surface area contributed by atoms with Gasteiger partial charge in [-0.25, -0.2) is 13.2 Å². The van der Waals surface area contributed by atoms with Gasteiger partial charge in [0.25, 0.3) is 0 Å². The van der Waals surface area contributed by atoms with Gasteiger partial charge in [-0.05, 0) is 37.1 Å². The van der Waals surface area contributed by atoms with Gasteiger partial charge in [0.2, 0.25) is 0 Å². The molecule has 1 aromatic carbocycles. The van der Waals surface area contributed by atoms with E-state index in [2.05, 4.69) is 0 Å². The summed E-state index contributed by atoms with van der Waals surface area (Å²) in [5.74, 6) is -0.458.